The molecular weight excluding hydrogens is 448 g/mol. The maximum atomic E-state index is 13.1. The van der Waals surface area contributed by atoms with Gasteiger partial charge in [0.1, 0.15) is 23.3 Å². The van der Waals surface area contributed by atoms with Crippen LogP contribution in [-0.4, -0.2) is 29.8 Å². The summed E-state index contributed by atoms with van der Waals surface area (Å²) < 4.78 is 10.7. The monoisotopic (exact) mass is 466 g/mol. The Labute approximate surface area is 194 Å². The zero-order chi connectivity index (χ0) is 23.7. The highest BCUT2D eigenvalue weighted by Crippen LogP contribution is 2.43. The van der Waals surface area contributed by atoms with Gasteiger partial charge >= 0.3 is 0 Å². The Morgan fingerprint density at radius 1 is 1.15 bits per heavy atom. The van der Waals surface area contributed by atoms with Gasteiger partial charge in [-0.15, -0.1) is 0 Å². The number of benzene rings is 2. The van der Waals surface area contributed by atoms with Crippen LogP contribution in [0.3, 0.4) is 0 Å². The van der Waals surface area contributed by atoms with Gasteiger partial charge in [-0.3, -0.25) is 19.3 Å². The lowest BCUT2D eigenvalue weighted by atomic mass is 9.99. The van der Waals surface area contributed by atoms with Crippen LogP contribution in [0.5, 0.6) is 5.75 Å². The molecule has 0 saturated carbocycles. The zero-order valence-electron chi connectivity index (χ0n) is 17.7. The number of rotatable bonds is 5. The number of carbonyl (C=O) groups excluding carboxylic acids is 3. The van der Waals surface area contributed by atoms with Crippen molar-refractivity contribution in [2.24, 2.45) is 0 Å². The number of aliphatic hydroxyl groups excluding tert-OH is 1. The SMILES string of the molecule is COc1ccc(/C(O)=C2/C(=O)C(=O)N(c3cccc(NC(C)=O)c3)C2c2ccco2)cc1Cl. The third-order valence-corrected chi connectivity index (χ3v) is 5.42. The number of ketones is 1. The number of amides is 2. The molecular formula is C24H19ClN2O6. The topological polar surface area (TPSA) is 109 Å². The van der Waals surface area contributed by atoms with Crippen LogP contribution in [0.1, 0.15) is 24.3 Å². The van der Waals surface area contributed by atoms with E-state index in [4.69, 9.17) is 20.8 Å². The standard InChI is InChI=1S/C24H19ClN2O6/c1-13(28)26-15-5-3-6-16(12-15)27-21(19-7-4-10-33-19)20(23(30)24(27)31)22(29)14-8-9-18(32-2)17(25)11-14/h3-12,21,29H,1-2H3,(H,26,28)/b22-20-. The quantitative estimate of drug-likeness (QED) is 0.325. The highest BCUT2D eigenvalue weighted by molar-refractivity contribution is 6.51. The van der Waals surface area contributed by atoms with Gasteiger partial charge in [-0.1, -0.05) is 17.7 Å². The molecule has 33 heavy (non-hydrogen) atoms. The minimum absolute atomic E-state index is 0.152. The first-order valence-electron chi connectivity index (χ1n) is 9.87. The number of methoxy groups -OCH3 is 1. The maximum Gasteiger partial charge on any atom is 0.300 e. The number of furan rings is 1. The second-order valence-electron chi connectivity index (χ2n) is 7.27. The van der Waals surface area contributed by atoms with E-state index in [0.29, 0.717) is 17.1 Å². The molecule has 168 valence electrons. The molecule has 1 aliphatic rings. The van der Waals surface area contributed by atoms with Crippen LogP contribution >= 0.6 is 11.6 Å². The molecule has 1 aromatic heterocycles. The number of nitrogens with one attached hydrogen (secondary N) is 1. The van der Waals surface area contributed by atoms with Crippen LogP contribution < -0.4 is 15.0 Å². The van der Waals surface area contributed by atoms with Gasteiger partial charge in [0.25, 0.3) is 11.7 Å². The first-order chi connectivity index (χ1) is 15.8. The lowest BCUT2D eigenvalue weighted by Gasteiger charge is -2.24. The minimum Gasteiger partial charge on any atom is -0.507 e. The fraction of sp³-hybridized carbons (Fsp3) is 0.125. The summed E-state index contributed by atoms with van der Waals surface area (Å²) in [6.07, 6.45) is 1.41. The number of hydrogen-bond acceptors (Lipinski definition) is 6. The van der Waals surface area contributed by atoms with Crippen LogP contribution in [0.2, 0.25) is 5.02 Å². The van der Waals surface area contributed by atoms with Crippen molar-refractivity contribution in [3.8, 4) is 5.75 Å². The molecule has 1 unspecified atom stereocenters. The first kappa shape index (κ1) is 22.2. The Kier molecular flexibility index (Phi) is 5.93. The number of carbonyl (C=O) groups is 3. The molecule has 9 heteroatoms. The summed E-state index contributed by atoms with van der Waals surface area (Å²) in [5.74, 6) is -1.75. The third kappa shape index (κ3) is 4.08. The van der Waals surface area contributed by atoms with Crippen molar-refractivity contribution < 1.29 is 28.6 Å². The van der Waals surface area contributed by atoms with E-state index in [1.807, 2.05) is 0 Å². The van der Waals surface area contributed by atoms with Crippen molar-refractivity contribution >= 4 is 46.3 Å². The molecule has 2 amide bonds. The molecule has 1 saturated heterocycles. The lowest BCUT2D eigenvalue weighted by Crippen LogP contribution is -2.29. The molecule has 2 heterocycles. The molecule has 4 rings (SSSR count). The molecule has 3 aromatic rings. The van der Waals surface area contributed by atoms with Crippen LogP contribution in [0.25, 0.3) is 5.76 Å². The Bertz CT molecular complexity index is 1280. The van der Waals surface area contributed by atoms with Gasteiger partial charge in [0.2, 0.25) is 5.91 Å². The average Bonchev–Trinajstić information content (AvgIpc) is 3.40. The molecule has 2 aromatic carbocycles. The largest absolute Gasteiger partial charge is 0.507 e. The van der Waals surface area contributed by atoms with Crippen molar-refractivity contribution in [3.63, 3.8) is 0 Å². The van der Waals surface area contributed by atoms with Gasteiger partial charge in [-0.05, 0) is 48.5 Å². The number of nitrogens with zero attached hydrogens (tertiary/aromatic N) is 1. The van der Waals surface area contributed by atoms with E-state index >= 15 is 0 Å². The fourth-order valence-corrected chi connectivity index (χ4v) is 3.98. The van der Waals surface area contributed by atoms with E-state index < -0.39 is 23.5 Å². The van der Waals surface area contributed by atoms with E-state index in [9.17, 15) is 19.5 Å². The minimum atomic E-state index is -1.03. The van der Waals surface area contributed by atoms with Gasteiger partial charge in [0, 0.05) is 23.9 Å². The van der Waals surface area contributed by atoms with Gasteiger partial charge < -0.3 is 19.6 Å². The summed E-state index contributed by atoms with van der Waals surface area (Å²) in [5, 5.41) is 14.0. The van der Waals surface area contributed by atoms with Crippen LogP contribution in [0.4, 0.5) is 11.4 Å². The summed E-state index contributed by atoms with van der Waals surface area (Å²) in [7, 11) is 1.46. The van der Waals surface area contributed by atoms with E-state index in [-0.39, 0.29) is 27.8 Å². The van der Waals surface area contributed by atoms with Crippen molar-refractivity contribution in [3.05, 3.63) is 82.8 Å². The molecule has 1 fully saturated rings. The van der Waals surface area contributed by atoms with Crippen LogP contribution in [0, 0.1) is 0 Å². The maximum absolute atomic E-state index is 13.1. The normalized spacial score (nSPS) is 17.3. The second kappa shape index (κ2) is 8.84. The molecule has 8 nitrogen and oxygen atoms in total. The predicted octanol–water partition coefficient (Wildman–Crippen LogP) is 4.53. The summed E-state index contributed by atoms with van der Waals surface area (Å²) in [6, 6.07) is 13.2. The van der Waals surface area contributed by atoms with Gasteiger partial charge in [-0.2, -0.15) is 0 Å². The van der Waals surface area contributed by atoms with E-state index in [0.717, 1.165) is 0 Å². The number of halogens is 1. The molecule has 1 atom stereocenters. The van der Waals surface area contributed by atoms with Crippen molar-refractivity contribution in [1.29, 1.82) is 0 Å². The molecule has 0 radical (unpaired) electrons. The zero-order valence-corrected chi connectivity index (χ0v) is 18.4. The Morgan fingerprint density at radius 3 is 2.58 bits per heavy atom. The summed E-state index contributed by atoms with van der Waals surface area (Å²) in [4.78, 5) is 38.9. The molecule has 0 aliphatic carbocycles. The first-order valence-corrected chi connectivity index (χ1v) is 10.3. The molecule has 1 aliphatic heterocycles. The predicted molar refractivity (Wildman–Crippen MR) is 122 cm³/mol. The van der Waals surface area contributed by atoms with Crippen LogP contribution in [0.15, 0.2) is 70.9 Å². The summed E-state index contributed by atoms with van der Waals surface area (Å²) in [6.45, 7) is 1.36. The molecule has 0 bridgehead atoms. The highest BCUT2D eigenvalue weighted by Gasteiger charge is 2.48. The highest BCUT2D eigenvalue weighted by atomic mass is 35.5. The van der Waals surface area contributed by atoms with Gasteiger partial charge in [-0.25, -0.2) is 0 Å². The average molecular weight is 467 g/mol. The number of anilines is 2. The third-order valence-electron chi connectivity index (χ3n) is 5.13. The van der Waals surface area contributed by atoms with Gasteiger partial charge in [0.05, 0.1) is 24.0 Å². The molecule has 0 spiro atoms. The van der Waals surface area contributed by atoms with Crippen molar-refractivity contribution in [2.75, 3.05) is 17.3 Å². The van der Waals surface area contributed by atoms with Gasteiger partial charge in [0.15, 0.2) is 0 Å². The van der Waals surface area contributed by atoms with Crippen molar-refractivity contribution in [2.45, 2.75) is 13.0 Å². The fourth-order valence-electron chi connectivity index (χ4n) is 3.72. The van der Waals surface area contributed by atoms with Crippen molar-refractivity contribution in [1.82, 2.24) is 0 Å². The number of Topliss-reactive ketones (excluding diaryl/α,β-unsaturated/α-hetero) is 1. The number of ether oxygens (including phenoxy) is 1. The van der Waals surface area contributed by atoms with E-state index in [2.05, 4.69) is 5.32 Å². The van der Waals surface area contributed by atoms with E-state index in [1.54, 1.807) is 42.5 Å². The Hall–Kier alpha value is -4.04. The summed E-state index contributed by atoms with van der Waals surface area (Å²) >= 11 is 6.19. The van der Waals surface area contributed by atoms with E-state index in [1.165, 1.54) is 37.3 Å². The summed E-state index contributed by atoms with van der Waals surface area (Å²) in [5.41, 5.74) is 0.877. The number of aliphatic hydroxyl groups is 1. The lowest BCUT2D eigenvalue weighted by molar-refractivity contribution is -0.132. The Balaban J connectivity index is 1.88. The second-order valence-corrected chi connectivity index (χ2v) is 7.67. The van der Waals surface area contributed by atoms with Crippen LogP contribution in [-0.2, 0) is 14.4 Å². The Morgan fingerprint density at radius 2 is 1.94 bits per heavy atom. The smallest absolute Gasteiger partial charge is 0.300 e. The molecule has 2 N–H and O–H groups in total. The number of hydrogen-bond donors (Lipinski definition) is 2.